The molecule has 1 unspecified atom stereocenters. The predicted octanol–water partition coefficient (Wildman–Crippen LogP) is 5.48. The molecule has 0 aliphatic carbocycles. The van der Waals surface area contributed by atoms with Crippen molar-refractivity contribution in [2.75, 3.05) is 5.32 Å². The van der Waals surface area contributed by atoms with Crippen molar-refractivity contribution in [3.8, 4) is 11.1 Å². The Labute approximate surface area is 227 Å². The number of alkyl halides is 3. The highest BCUT2D eigenvalue weighted by Gasteiger charge is 2.36. The zero-order valence-corrected chi connectivity index (χ0v) is 21.0. The van der Waals surface area contributed by atoms with Gasteiger partial charge in [0, 0.05) is 58.0 Å². The van der Waals surface area contributed by atoms with Gasteiger partial charge in [-0.15, -0.1) is 0 Å². The molecular weight excluding hydrogens is 559 g/mol. The lowest BCUT2D eigenvalue weighted by Crippen LogP contribution is -2.21. The van der Waals surface area contributed by atoms with Gasteiger partial charge < -0.3 is 15.2 Å². The number of rotatable bonds is 4. The second-order valence-corrected chi connectivity index (χ2v) is 9.38. The van der Waals surface area contributed by atoms with Crippen LogP contribution in [-0.2, 0) is 13.2 Å². The zero-order chi connectivity index (χ0) is 28.9. The Kier molecular flexibility index (Phi) is 6.66. The molecule has 5 rings (SSSR count). The molecule has 0 spiro atoms. The van der Waals surface area contributed by atoms with Crippen LogP contribution in [0.3, 0.4) is 0 Å². The molecule has 3 aromatic carbocycles. The second-order valence-electron chi connectivity index (χ2n) is 8.97. The number of benzene rings is 3. The van der Waals surface area contributed by atoms with E-state index in [1.165, 1.54) is 42.2 Å². The summed E-state index contributed by atoms with van der Waals surface area (Å²) in [6.07, 6.45) is -2.24. The number of anilines is 1. The summed E-state index contributed by atoms with van der Waals surface area (Å²) in [5.74, 6) is -3.65. The summed E-state index contributed by atoms with van der Waals surface area (Å²) < 4.78 is 69.1. The maximum Gasteiger partial charge on any atom is 0.416 e. The van der Waals surface area contributed by atoms with Crippen molar-refractivity contribution in [3.05, 3.63) is 116 Å². The average Bonchev–Trinajstić information content (AvgIpc) is 3.22. The predicted molar refractivity (Wildman–Crippen MR) is 135 cm³/mol. The topological polar surface area (TPSA) is 93.1 Å². The van der Waals surface area contributed by atoms with E-state index in [0.29, 0.717) is 23.3 Å². The molecule has 204 valence electrons. The Morgan fingerprint density at radius 1 is 1.02 bits per heavy atom. The minimum absolute atomic E-state index is 0.0437. The van der Waals surface area contributed by atoms with E-state index in [0.717, 1.165) is 12.1 Å². The third-order valence-electron chi connectivity index (χ3n) is 6.28. The third kappa shape index (κ3) is 5.05. The zero-order valence-electron chi connectivity index (χ0n) is 20.2. The Hall–Kier alpha value is -4.58. The SMILES string of the molecule is Cn1cc(-c2cc(NC(=O)c3cc(F)cc(C(F)(F)F)c3)c3c(c2)C(=O)NC3c2cc(F)ccc2Cl)cnc1=O. The average molecular weight is 575 g/mol. The van der Waals surface area contributed by atoms with Crippen LogP contribution in [0.25, 0.3) is 11.1 Å². The van der Waals surface area contributed by atoms with Gasteiger partial charge in [0.1, 0.15) is 11.6 Å². The van der Waals surface area contributed by atoms with E-state index in [9.17, 15) is 36.3 Å². The molecule has 4 aromatic rings. The maximum absolute atomic E-state index is 14.1. The molecule has 0 radical (unpaired) electrons. The first kappa shape index (κ1) is 27.0. The van der Waals surface area contributed by atoms with Gasteiger partial charge in [-0.05, 0) is 54.1 Å². The lowest BCUT2D eigenvalue weighted by molar-refractivity contribution is -0.137. The first-order valence-electron chi connectivity index (χ1n) is 11.5. The van der Waals surface area contributed by atoms with Gasteiger partial charge in [0.2, 0.25) is 0 Å². The number of nitrogens with one attached hydrogen (secondary N) is 2. The van der Waals surface area contributed by atoms with E-state index in [1.54, 1.807) is 0 Å². The van der Waals surface area contributed by atoms with Gasteiger partial charge in [-0.3, -0.25) is 9.59 Å². The van der Waals surface area contributed by atoms with Gasteiger partial charge in [-0.1, -0.05) is 11.6 Å². The van der Waals surface area contributed by atoms with Crippen LogP contribution >= 0.6 is 11.6 Å². The Morgan fingerprint density at radius 3 is 2.48 bits per heavy atom. The normalized spacial score (nSPS) is 14.6. The molecular formula is C27H16ClF5N4O3. The standard InChI is InChI=1S/C27H16ClF5N4O3/c1-37-11-14(10-34-26(37)40)12-6-19-22(23(36-25(19)39)18-9-16(29)2-3-20(18)28)21(7-12)35-24(38)13-4-15(27(31,32)33)8-17(30)5-13/h2-11,23H,1H3,(H,35,38)(H,36,39). The molecule has 7 nitrogen and oxygen atoms in total. The first-order chi connectivity index (χ1) is 18.8. The number of nitrogens with zero attached hydrogens (tertiary/aromatic N) is 2. The number of aromatic nitrogens is 2. The number of hydrogen-bond acceptors (Lipinski definition) is 4. The van der Waals surface area contributed by atoms with Gasteiger partial charge in [-0.25, -0.2) is 18.6 Å². The molecule has 1 aromatic heterocycles. The van der Waals surface area contributed by atoms with E-state index in [4.69, 9.17) is 11.6 Å². The highest BCUT2D eigenvalue weighted by atomic mass is 35.5. The Morgan fingerprint density at radius 2 is 1.77 bits per heavy atom. The summed E-state index contributed by atoms with van der Waals surface area (Å²) in [7, 11) is 1.45. The van der Waals surface area contributed by atoms with Crippen LogP contribution in [0.5, 0.6) is 0 Å². The van der Waals surface area contributed by atoms with Gasteiger partial charge in [-0.2, -0.15) is 13.2 Å². The molecule has 0 bridgehead atoms. The minimum atomic E-state index is -4.91. The molecule has 1 aliphatic heterocycles. The van der Waals surface area contributed by atoms with Crippen molar-refractivity contribution in [2.45, 2.75) is 12.2 Å². The number of carbonyl (C=O) groups excluding carboxylic acids is 2. The van der Waals surface area contributed by atoms with Gasteiger partial charge in [0.15, 0.2) is 0 Å². The number of hydrogen-bond donors (Lipinski definition) is 2. The van der Waals surface area contributed by atoms with Crippen LogP contribution in [0.1, 0.15) is 43.4 Å². The number of carbonyl (C=O) groups is 2. The summed E-state index contributed by atoms with van der Waals surface area (Å²) >= 11 is 6.29. The van der Waals surface area contributed by atoms with Gasteiger partial charge in [0.25, 0.3) is 11.8 Å². The van der Waals surface area contributed by atoms with E-state index in [2.05, 4.69) is 15.6 Å². The number of aryl methyl sites for hydroxylation is 1. The number of fused-ring (bicyclic) bond motifs is 1. The van der Waals surface area contributed by atoms with Crippen LogP contribution in [0, 0.1) is 11.6 Å². The quantitative estimate of drug-likeness (QED) is 0.316. The van der Waals surface area contributed by atoms with Crippen LogP contribution < -0.4 is 16.3 Å². The fourth-order valence-corrected chi connectivity index (χ4v) is 4.64. The lowest BCUT2D eigenvalue weighted by atomic mass is 9.93. The highest BCUT2D eigenvalue weighted by molar-refractivity contribution is 6.31. The Bertz CT molecular complexity index is 1770. The molecule has 13 heteroatoms. The molecule has 1 aliphatic rings. The van der Waals surface area contributed by atoms with E-state index >= 15 is 0 Å². The first-order valence-corrected chi connectivity index (χ1v) is 11.9. The molecule has 40 heavy (non-hydrogen) atoms. The van der Waals surface area contributed by atoms with Crippen LogP contribution in [0.4, 0.5) is 27.6 Å². The van der Waals surface area contributed by atoms with E-state index in [-0.39, 0.29) is 33.5 Å². The van der Waals surface area contributed by atoms with Gasteiger partial charge >= 0.3 is 11.9 Å². The number of amides is 2. The molecule has 2 heterocycles. The van der Waals surface area contributed by atoms with Crippen molar-refractivity contribution >= 4 is 29.1 Å². The Balaban J connectivity index is 1.68. The lowest BCUT2D eigenvalue weighted by Gasteiger charge is -2.19. The summed E-state index contributed by atoms with van der Waals surface area (Å²) in [4.78, 5) is 41.7. The van der Waals surface area contributed by atoms with Crippen molar-refractivity contribution in [3.63, 3.8) is 0 Å². The molecule has 2 N–H and O–H groups in total. The molecule has 1 atom stereocenters. The summed E-state index contributed by atoms with van der Waals surface area (Å²) in [6.45, 7) is 0. The van der Waals surface area contributed by atoms with Crippen molar-refractivity contribution in [2.24, 2.45) is 7.05 Å². The second kappa shape index (κ2) is 9.87. The molecule has 0 saturated carbocycles. The monoisotopic (exact) mass is 574 g/mol. The van der Waals surface area contributed by atoms with Crippen molar-refractivity contribution in [1.82, 2.24) is 14.9 Å². The fourth-order valence-electron chi connectivity index (χ4n) is 4.41. The molecule has 0 fully saturated rings. The summed E-state index contributed by atoms with van der Waals surface area (Å²) in [6, 6.07) is 6.69. The van der Waals surface area contributed by atoms with Crippen LogP contribution in [0.2, 0.25) is 5.02 Å². The number of halogens is 6. The van der Waals surface area contributed by atoms with Crippen molar-refractivity contribution in [1.29, 1.82) is 0 Å². The van der Waals surface area contributed by atoms with Crippen LogP contribution in [0.15, 0.2) is 65.7 Å². The minimum Gasteiger partial charge on any atom is -0.341 e. The summed E-state index contributed by atoms with van der Waals surface area (Å²) in [5.41, 5.74) is -1.56. The smallest absolute Gasteiger partial charge is 0.341 e. The third-order valence-corrected chi connectivity index (χ3v) is 6.62. The molecule has 0 saturated heterocycles. The van der Waals surface area contributed by atoms with E-state index < -0.39 is 52.5 Å². The summed E-state index contributed by atoms with van der Waals surface area (Å²) in [5, 5.41) is 5.24. The van der Waals surface area contributed by atoms with E-state index in [1.807, 2.05) is 0 Å². The van der Waals surface area contributed by atoms with Crippen molar-refractivity contribution < 1.29 is 31.5 Å². The molecule has 2 amide bonds. The van der Waals surface area contributed by atoms with Gasteiger partial charge in [0.05, 0.1) is 11.6 Å². The van der Waals surface area contributed by atoms with Crippen LogP contribution in [-0.4, -0.2) is 21.4 Å². The maximum atomic E-state index is 14.1. The largest absolute Gasteiger partial charge is 0.416 e. The highest BCUT2D eigenvalue weighted by Crippen LogP contribution is 2.42. The fraction of sp³-hybridized carbons (Fsp3) is 0.111.